The molecule has 0 atom stereocenters. The zero-order valence-electron chi connectivity index (χ0n) is 12.2. The van der Waals surface area contributed by atoms with Crippen molar-refractivity contribution in [2.75, 3.05) is 27.2 Å². The molecular weight excluding hydrogens is 250 g/mol. The van der Waals surface area contributed by atoms with Crippen LogP contribution in [0.25, 0.3) is 0 Å². The van der Waals surface area contributed by atoms with Gasteiger partial charge >= 0.3 is 0 Å². The van der Waals surface area contributed by atoms with Gasteiger partial charge in [0.25, 0.3) is 0 Å². The summed E-state index contributed by atoms with van der Waals surface area (Å²) in [6.07, 6.45) is 1.80. The Morgan fingerprint density at radius 2 is 1.95 bits per heavy atom. The van der Waals surface area contributed by atoms with Crippen LogP contribution in [0.2, 0.25) is 0 Å². The molecule has 0 aliphatic carbocycles. The van der Waals surface area contributed by atoms with E-state index in [-0.39, 0.29) is 5.91 Å². The first kappa shape index (κ1) is 14.5. The summed E-state index contributed by atoms with van der Waals surface area (Å²) in [7, 11) is 3.81. The summed E-state index contributed by atoms with van der Waals surface area (Å²) in [5.41, 5.74) is 0.351. The number of likely N-dealkylation sites (tertiary alicyclic amines) is 1. The topological polar surface area (TPSA) is 47.3 Å². The van der Waals surface area contributed by atoms with Gasteiger partial charge in [-0.05, 0) is 25.5 Å². The zero-order chi connectivity index (χ0) is 14.6. The van der Waals surface area contributed by atoms with Gasteiger partial charge in [-0.3, -0.25) is 4.79 Å². The lowest BCUT2D eigenvalue weighted by Crippen LogP contribution is -2.54. The molecule has 0 unspecified atom stereocenters. The highest BCUT2D eigenvalue weighted by Crippen LogP contribution is 2.27. The Kier molecular flexibility index (Phi) is 4.41. The lowest BCUT2D eigenvalue weighted by atomic mass is 9.87. The fourth-order valence-electron chi connectivity index (χ4n) is 2.64. The molecule has 1 aromatic carbocycles. The van der Waals surface area contributed by atoms with Crippen LogP contribution < -0.4 is 0 Å². The average molecular weight is 271 g/mol. The Balaban J connectivity index is 2.07. The summed E-state index contributed by atoms with van der Waals surface area (Å²) in [5.74, 6) is 0.0160. The number of rotatable bonds is 3. The van der Waals surface area contributed by atoms with Gasteiger partial charge in [0, 0.05) is 20.1 Å². The minimum Gasteiger partial charge on any atom is -0.327 e. The molecule has 106 valence electrons. The van der Waals surface area contributed by atoms with Gasteiger partial charge in [-0.2, -0.15) is 5.26 Å². The Morgan fingerprint density at radius 1 is 1.35 bits per heavy atom. The highest BCUT2D eigenvalue weighted by Gasteiger charge is 2.39. The predicted octanol–water partition coefficient (Wildman–Crippen LogP) is 1.68. The molecule has 1 saturated heterocycles. The van der Waals surface area contributed by atoms with E-state index in [0.717, 1.165) is 31.5 Å². The van der Waals surface area contributed by atoms with Crippen molar-refractivity contribution >= 4 is 5.91 Å². The highest BCUT2D eigenvalue weighted by atomic mass is 16.2. The zero-order valence-corrected chi connectivity index (χ0v) is 12.2. The van der Waals surface area contributed by atoms with Crippen molar-refractivity contribution in [2.24, 2.45) is 0 Å². The Hall–Kier alpha value is -1.86. The standard InChI is InChI=1S/C16H21N3O/c1-18-10-8-16(13-17,9-11-18)19(2)15(20)12-14-6-4-3-5-7-14/h3-7H,8-12H2,1-2H3. The first-order chi connectivity index (χ1) is 9.57. The lowest BCUT2D eigenvalue weighted by molar-refractivity contribution is -0.134. The lowest BCUT2D eigenvalue weighted by Gasteiger charge is -2.41. The van der Waals surface area contributed by atoms with Crippen molar-refractivity contribution in [3.63, 3.8) is 0 Å². The Bertz CT molecular complexity index is 498. The van der Waals surface area contributed by atoms with Crippen LogP contribution in [0.1, 0.15) is 18.4 Å². The average Bonchev–Trinajstić information content (AvgIpc) is 2.49. The predicted molar refractivity (Wildman–Crippen MR) is 78.0 cm³/mol. The molecule has 1 fully saturated rings. The molecule has 0 aromatic heterocycles. The number of benzene rings is 1. The minimum absolute atomic E-state index is 0.0160. The second kappa shape index (κ2) is 6.06. The summed E-state index contributed by atoms with van der Waals surface area (Å²) < 4.78 is 0. The third-order valence-electron chi connectivity index (χ3n) is 4.24. The third-order valence-corrected chi connectivity index (χ3v) is 4.24. The van der Waals surface area contributed by atoms with E-state index in [0.29, 0.717) is 6.42 Å². The molecule has 0 N–H and O–H groups in total. The smallest absolute Gasteiger partial charge is 0.228 e. The molecule has 0 spiro atoms. The maximum Gasteiger partial charge on any atom is 0.228 e. The monoisotopic (exact) mass is 271 g/mol. The van der Waals surface area contributed by atoms with Crippen LogP contribution in [0, 0.1) is 11.3 Å². The van der Waals surface area contributed by atoms with E-state index in [1.54, 1.807) is 11.9 Å². The molecule has 4 nitrogen and oxygen atoms in total. The van der Waals surface area contributed by atoms with Crippen molar-refractivity contribution < 1.29 is 4.79 Å². The van der Waals surface area contributed by atoms with E-state index in [1.807, 2.05) is 37.4 Å². The van der Waals surface area contributed by atoms with Gasteiger partial charge in [-0.1, -0.05) is 30.3 Å². The van der Waals surface area contributed by atoms with E-state index in [9.17, 15) is 10.1 Å². The Labute approximate surface area is 120 Å². The first-order valence-electron chi connectivity index (χ1n) is 6.98. The van der Waals surface area contributed by atoms with Gasteiger partial charge in [0.15, 0.2) is 0 Å². The van der Waals surface area contributed by atoms with E-state index >= 15 is 0 Å². The van der Waals surface area contributed by atoms with E-state index in [1.165, 1.54) is 0 Å². The van der Waals surface area contributed by atoms with E-state index in [2.05, 4.69) is 11.0 Å². The molecule has 2 rings (SSSR count). The van der Waals surface area contributed by atoms with Crippen LogP contribution in [0.5, 0.6) is 0 Å². The van der Waals surface area contributed by atoms with Gasteiger partial charge in [-0.25, -0.2) is 0 Å². The second-order valence-corrected chi connectivity index (χ2v) is 5.56. The number of hydrogen-bond acceptors (Lipinski definition) is 3. The molecular formula is C16H21N3O. The van der Waals surface area contributed by atoms with Gasteiger partial charge in [0.1, 0.15) is 5.54 Å². The van der Waals surface area contributed by atoms with Crippen LogP contribution in [-0.4, -0.2) is 48.4 Å². The number of nitrogens with zero attached hydrogens (tertiary/aromatic N) is 3. The molecule has 1 aromatic rings. The number of likely N-dealkylation sites (N-methyl/N-ethyl adjacent to an activating group) is 1. The fourth-order valence-corrected chi connectivity index (χ4v) is 2.64. The summed E-state index contributed by atoms with van der Waals surface area (Å²) in [6, 6.07) is 12.1. The van der Waals surface area contributed by atoms with E-state index < -0.39 is 5.54 Å². The van der Waals surface area contributed by atoms with Gasteiger partial charge < -0.3 is 9.80 Å². The quantitative estimate of drug-likeness (QED) is 0.840. The number of hydrogen-bond donors (Lipinski definition) is 0. The molecule has 1 aliphatic rings. The van der Waals surface area contributed by atoms with Gasteiger partial charge in [0.05, 0.1) is 12.5 Å². The van der Waals surface area contributed by atoms with Crippen molar-refractivity contribution in [3.05, 3.63) is 35.9 Å². The molecule has 1 amide bonds. The first-order valence-corrected chi connectivity index (χ1v) is 6.98. The number of carbonyl (C=O) groups excluding carboxylic acids is 1. The van der Waals surface area contributed by atoms with Crippen molar-refractivity contribution in [1.82, 2.24) is 9.80 Å². The number of piperidine rings is 1. The van der Waals surface area contributed by atoms with Crippen LogP contribution in [-0.2, 0) is 11.2 Å². The molecule has 1 aliphatic heterocycles. The summed E-state index contributed by atoms with van der Waals surface area (Å²) in [4.78, 5) is 16.3. The summed E-state index contributed by atoms with van der Waals surface area (Å²) in [6.45, 7) is 1.72. The molecule has 0 saturated carbocycles. The fraction of sp³-hybridized carbons (Fsp3) is 0.500. The molecule has 1 heterocycles. The van der Waals surface area contributed by atoms with Crippen molar-refractivity contribution in [3.8, 4) is 6.07 Å². The number of nitriles is 1. The molecule has 4 heteroatoms. The van der Waals surface area contributed by atoms with Gasteiger partial charge in [-0.15, -0.1) is 0 Å². The maximum atomic E-state index is 12.4. The number of amides is 1. The number of carbonyl (C=O) groups is 1. The SMILES string of the molecule is CN1CCC(C#N)(N(C)C(=O)Cc2ccccc2)CC1. The van der Waals surface area contributed by atoms with Crippen molar-refractivity contribution in [1.29, 1.82) is 5.26 Å². The summed E-state index contributed by atoms with van der Waals surface area (Å²) in [5, 5.41) is 9.55. The molecule has 20 heavy (non-hydrogen) atoms. The third kappa shape index (κ3) is 3.00. The van der Waals surface area contributed by atoms with Crippen LogP contribution in [0.3, 0.4) is 0 Å². The normalized spacial score (nSPS) is 18.2. The van der Waals surface area contributed by atoms with Crippen LogP contribution >= 0.6 is 0 Å². The maximum absolute atomic E-state index is 12.4. The minimum atomic E-state index is -0.641. The van der Waals surface area contributed by atoms with E-state index in [4.69, 9.17) is 0 Å². The van der Waals surface area contributed by atoms with Gasteiger partial charge in [0.2, 0.25) is 5.91 Å². The molecule has 0 bridgehead atoms. The largest absolute Gasteiger partial charge is 0.327 e. The highest BCUT2D eigenvalue weighted by molar-refractivity contribution is 5.79. The van der Waals surface area contributed by atoms with Crippen LogP contribution in [0.15, 0.2) is 30.3 Å². The summed E-state index contributed by atoms with van der Waals surface area (Å²) >= 11 is 0. The second-order valence-electron chi connectivity index (χ2n) is 5.56. The Morgan fingerprint density at radius 3 is 2.50 bits per heavy atom. The molecule has 0 radical (unpaired) electrons. The van der Waals surface area contributed by atoms with Crippen LogP contribution in [0.4, 0.5) is 0 Å². The van der Waals surface area contributed by atoms with Crippen molar-refractivity contribution in [2.45, 2.75) is 24.8 Å².